The van der Waals surface area contributed by atoms with Gasteiger partial charge >= 0.3 is 97.4 Å². The topological polar surface area (TPSA) is 0 Å². The summed E-state index contributed by atoms with van der Waals surface area (Å²) in [5, 5.41) is 1.35. The first kappa shape index (κ1) is 12.7. The molecule has 0 amide bonds. The second-order valence-corrected chi connectivity index (χ2v) is 24.7. The number of hydrogen-bond acceptors (Lipinski definition) is 0. The van der Waals surface area contributed by atoms with Crippen LogP contribution in [0.15, 0.2) is 11.1 Å². The molecule has 1 unspecified atom stereocenters. The minimum atomic E-state index is -3.41. The van der Waals surface area contributed by atoms with Crippen molar-refractivity contribution in [1.29, 1.82) is 0 Å². The fourth-order valence-electron chi connectivity index (χ4n) is 1.42. The zero-order valence-electron chi connectivity index (χ0n) is 8.08. The van der Waals surface area contributed by atoms with Crippen LogP contribution >= 0.6 is 33.7 Å². The van der Waals surface area contributed by atoms with Crippen molar-refractivity contribution in [3.63, 3.8) is 0 Å². The van der Waals surface area contributed by atoms with Crippen molar-refractivity contribution in [2.75, 3.05) is 0 Å². The van der Waals surface area contributed by atoms with E-state index < -0.39 is 16.7 Å². The average Bonchev–Trinajstić information content (AvgIpc) is 2.15. The normalized spacial score (nSPS) is 30.8. The van der Waals surface area contributed by atoms with E-state index in [4.69, 9.17) is 25.5 Å². The molecule has 1 heterocycles. The quantitative estimate of drug-likeness (QED) is 0.603. The van der Waals surface area contributed by atoms with Crippen molar-refractivity contribution in [3.05, 3.63) is 11.1 Å². The van der Waals surface area contributed by atoms with Gasteiger partial charge in [0.2, 0.25) is 0 Å². The Morgan fingerprint density at radius 2 is 1.62 bits per heavy atom. The third-order valence-electron chi connectivity index (χ3n) is 2.78. The summed E-state index contributed by atoms with van der Waals surface area (Å²) in [7, 11) is 19.8. The van der Waals surface area contributed by atoms with Crippen LogP contribution in [-0.4, -0.2) is 8.16 Å². The molecule has 1 rings (SSSR count). The molecule has 0 spiro atoms. The summed E-state index contributed by atoms with van der Waals surface area (Å²) in [4.78, 5) is 0. The van der Waals surface area contributed by atoms with E-state index in [0.29, 0.717) is 0 Å². The molecule has 5 heteroatoms. The molecule has 0 saturated carbocycles. The average molecular weight is 337 g/mol. The van der Waals surface area contributed by atoms with E-state index in [-0.39, 0.29) is 2.86 Å². The van der Waals surface area contributed by atoms with Crippen molar-refractivity contribution in [2.45, 2.75) is 30.6 Å². The van der Waals surface area contributed by atoms with Gasteiger partial charge in [-0.2, -0.15) is 0 Å². The van der Waals surface area contributed by atoms with Crippen LogP contribution in [0.1, 0.15) is 27.7 Å². The van der Waals surface area contributed by atoms with Crippen molar-refractivity contribution in [2.24, 2.45) is 0 Å². The number of allylic oxidation sites excluding steroid dienone is 2. The third-order valence-corrected chi connectivity index (χ3v) is 19.7. The molecule has 0 aromatic heterocycles. The molecule has 0 nitrogen and oxygen atoms in total. The van der Waals surface area contributed by atoms with Gasteiger partial charge in [0.05, 0.1) is 0 Å². The molecule has 1 atom stereocenters. The van der Waals surface area contributed by atoms with Crippen LogP contribution in [0.25, 0.3) is 0 Å². The van der Waals surface area contributed by atoms with E-state index >= 15 is 0 Å². The van der Waals surface area contributed by atoms with Crippen LogP contribution in [0.3, 0.4) is 0 Å². The number of halogens is 3. The van der Waals surface area contributed by atoms with Crippen molar-refractivity contribution in [1.82, 2.24) is 0 Å². The summed E-state index contributed by atoms with van der Waals surface area (Å²) < 4.78 is -0.145. The SMILES string of the molecule is CC1=P[C](C)([Zr]([Cl])([Cl])[Cl])C(C)=C1C. The molecule has 0 aromatic rings. The summed E-state index contributed by atoms with van der Waals surface area (Å²) in [5.74, 6) is 0. The first-order valence-electron chi connectivity index (χ1n) is 4.01. The van der Waals surface area contributed by atoms with Crippen LogP contribution in [-0.2, 0) is 16.7 Å². The Hall–Kier alpha value is 1.66. The van der Waals surface area contributed by atoms with Gasteiger partial charge in [0, 0.05) is 0 Å². The van der Waals surface area contributed by atoms with Crippen LogP contribution in [0.2, 0.25) is 0 Å². The van der Waals surface area contributed by atoms with Gasteiger partial charge in [-0.25, -0.2) is 0 Å². The van der Waals surface area contributed by atoms with Gasteiger partial charge in [-0.1, -0.05) is 0 Å². The van der Waals surface area contributed by atoms with Gasteiger partial charge in [0.15, 0.2) is 0 Å². The van der Waals surface area contributed by atoms with Crippen molar-refractivity contribution < 1.29 is 16.7 Å². The predicted octanol–water partition coefficient (Wildman–Crippen LogP) is 4.81. The summed E-state index contributed by atoms with van der Waals surface area (Å²) in [6.45, 7) is 8.42. The summed E-state index contributed by atoms with van der Waals surface area (Å²) in [5.41, 5.74) is 2.61. The fourth-order valence-corrected chi connectivity index (χ4v) is 11.3. The molecular weight excluding hydrogens is 325 g/mol. The second-order valence-electron chi connectivity index (χ2n) is 3.52. The Bertz CT molecular complexity index is 303. The van der Waals surface area contributed by atoms with Gasteiger partial charge in [-0.3, -0.25) is 0 Å². The van der Waals surface area contributed by atoms with Gasteiger partial charge in [-0.15, -0.1) is 0 Å². The standard InChI is InChI=1S/C8H12P.3ClH.Zr/c1-5-6(2)8(4)9-7(5)3;;;;/h1-4H3;3*1H;/q;;;;+3/p-3. The molecule has 1 aliphatic heterocycles. The Labute approximate surface area is 96.5 Å². The molecule has 0 bridgehead atoms. The fraction of sp³-hybridized carbons (Fsp3) is 0.625. The number of hydrogen-bond donors (Lipinski definition) is 0. The van der Waals surface area contributed by atoms with Gasteiger partial charge in [0.1, 0.15) is 0 Å². The molecule has 0 saturated heterocycles. The van der Waals surface area contributed by atoms with Gasteiger partial charge < -0.3 is 0 Å². The molecule has 0 N–H and O–H groups in total. The molecule has 74 valence electrons. The zero-order valence-corrected chi connectivity index (χ0v) is 13.7. The van der Waals surface area contributed by atoms with Crippen molar-refractivity contribution in [3.8, 4) is 0 Å². The van der Waals surface area contributed by atoms with E-state index in [1.54, 1.807) is 0 Å². The Kier molecular flexibility index (Phi) is 3.83. The zero-order chi connectivity index (χ0) is 10.4. The first-order valence-corrected chi connectivity index (χ1v) is 15.6. The minimum absolute atomic E-state index is 0.145. The van der Waals surface area contributed by atoms with E-state index in [1.807, 2.05) is 0 Å². The van der Waals surface area contributed by atoms with E-state index in [9.17, 15) is 0 Å². The molecule has 13 heavy (non-hydrogen) atoms. The summed E-state index contributed by atoms with van der Waals surface area (Å²) in [6.07, 6.45) is 0. The summed E-state index contributed by atoms with van der Waals surface area (Å²) >= 11 is -3.41. The van der Waals surface area contributed by atoms with E-state index in [2.05, 4.69) is 27.7 Å². The number of rotatable bonds is 1. The molecular formula is C8H12Cl3PZr. The van der Waals surface area contributed by atoms with Crippen molar-refractivity contribution >= 4 is 39.0 Å². The third kappa shape index (κ3) is 2.11. The van der Waals surface area contributed by atoms with Crippen LogP contribution in [0.5, 0.6) is 0 Å². The van der Waals surface area contributed by atoms with Crippen LogP contribution in [0.4, 0.5) is 0 Å². The molecule has 0 aliphatic carbocycles. The van der Waals surface area contributed by atoms with Gasteiger partial charge in [0.25, 0.3) is 0 Å². The Morgan fingerprint density at radius 3 is 1.77 bits per heavy atom. The second kappa shape index (κ2) is 3.91. The summed E-state index contributed by atoms with van der Waals surface area (Å²) in [6, 6.07) is 0. The maximum absolute atomic E-state index is 6.19. The molecule has 0 fully saturated rings. The van der Waals surface area contributed by atoms with E-state index in [0.717, 1.165) is 0 Å². The van der Waals surface area contributed by atoms with Gasteiger partial charge in [-0.05, 0) is 0 Å². The van der Waals surface area contributed by atoms with Crippen LogP contribution in [0, 0.1) is 0 Å². The predicted molar refractivity (Wildman–Crippen MR) is 61.9 cm³/mol. The Balaban J connectivity index is 3.25. The first-order chi connectivity index (χ1) is 5.70. The monoisotopic (exact) mass is 334 g/mol. The van der Waals surface area contributed by atoms with Crippen LogP contribution < -0.4 is 0 Å². The molecule has 0 radical (unpaired) electrons. The Morgan fingerprint density at radius 1 is 1.15 bits per heavy atom. The maximum atomic E-state index is 6.19. The van der Waals surface area contributed by atoms with E-state index in [1.165, 1.54) is 24.6 Å². The molecule has 1 aliphatic rings. The molecule has 0 aromatic carbocycles.